The number of carboxylic acids is 1. The summed E-state index contributed by atoms with van der Waals surface area (Å²) in [5.74, 6) is -0.927. The summed E-state index contributed by atoms with van der Waals surface area (Å²) >= 11 is 0. The van der Waals surface area contributed by atoms with E-state index in [1.807, 2.05) is 66.7 Å². The smallest absolute Gasteiger partial charge is 0.303 e. The van der Waals surface area contributed by atoms with Crippen LogP contribution in [0.5, 0.6) is 0 Å². The summed E-state index contributed by atoms with van der Waals surface area (Å²) in [5.41, 5.74) is 2.40. The van der Waals surface area contributed by atoms with E-state index in [1.54, 1.807) is 0 Å². The van der Waals surface area contributed by atoms with Crippen LogP contribution in [0.4, 0.5) is 5.69 Å². The maximum Gasteiger partial charge on any atom is 0.303 e. The van der Waals surface area contributed by atoms with Gasteiger partial charge in [-0.15, -0.1) is 0 Å². The van der Waals surface area contributed by atoms with E-state index in [4.69, 9.17) is 5.11 Å². The van der Waals surface area contributed by atoms with Crippen LogP contribution in [-0.2, 0) is 11.2 Å². The Balaban J connectivity index is 1.64. The molecule has 0 atom stereocenters. The summed E-state index contributed by atoms with van der Waals surface area (Å²) in [6.07, 6.45) is 1.49. The Hall–Kier alpha value is -3.14. The second-order valence-electron chi connectivity index (χ2n) is 5.96. The fraction of sp³-hybridized carbons (Fsp3) is 0.143. The molecule has 0 heterocycles. The first-order chi connectivity index (χ1) is 12.1. The number of carboxylic acid groups (broad SMARTS) is 1. The minimum atomic E-state index is -0.778. The van der Waals surface area contributed by atoms with Gasteiger partial charge < -0.3 is 10.4 Å². The van der Waals surface area contributed by atoms with Crippen LogP contribution >= 0.6 is 0 Å². The first kappa shape index (κ1) is 16.7. The number of carbonyl (C=O) groups excluding carboxylic acids is 1. The van der Waals surface area contributed by atoms with E-state index < -0.39 is 5.97 Å². The number of nitrogens with one attached hydrogen (secondary N) is 1. The number of amides is 1. The minimum Gasteiger partial charge on any atom is -0.481 e. The third kappa shape index (κ3) is 4.44. The van der Waals surface area contributed by atoms with E-state index in [9.17, 15) is 9.59 Å². The van der Waals surface area contributed by atoms with Crippen LogP contribution in [0.15, 0.2) is 66.7 Å². The van der Waals surface area contributed by atoms with Crippen molar-refractivity contribution in [1.29, 1.82) is 0 Å². The van der Waals surface area contributed by atoms with Crippen LogP contribution in [0, 0.1) is 0 Å². The van der Waals surface area contributed by atoms with E-state index in [-0.39, 0.29) is 12.3 Å². The van der Waals surface area contributed by atoms with Crippen molar-refractivity contribution < 1.29 is 14.7 Å². The van der Waals surface area contributed by atoms with Gasteiger partial charge in [-0.1, -0.05) is 42.5 Å². The molecule has 0 fully saturated rings. The average molecular weight is 333 g/mol. The molecule has 4 nitrogen and oxygen atoms in total. The number of carbonyl (C=O) groups is 2. The van der Waals surface area contributed by atoms with Crippen LogP contribution in [0.3, 0.4) is 0 Å². The highest BCUT2D eigenvalue weighted by Gasteiger charge is 2.07. The Morgan fingerprint density at radius 3 is 2.32 bits per heavy atom. The van der Waals surface area contributed by atoms with Gasteiger partial charge in [0.25, 0.3) is 5.91 Å². The van der Waals surface area contributed by atoms with Gasteiger partial charge in [0.1, 0.15) is 0 Å². The van der Waals surface area contributed by atoms with Gasteiger partial charge in [-0.3, -0.25) is 9.59 Å². The molecule has 0 aliphatic heterocycles. The van der Waals surface area contributed by atoms with Crippen molar-refractivity contribution in [2.24, 2.45) is 0 Å². The molecule has 3 aromatic rings. The monoisotopic (exact) mass is 333 g/mol. The number of anilines is 1. The number of benzene rings is 3. The van der Waals surface area contributed by atoms with Gasteiger partial charge in [0.2, 0.25) is 0 Å². The van der Waals surface area contributed by atoms with E-state index in [0.29, 0.717) is 18.4 Å². The maximum atomic E-state index is 12.4. The van der Waals surface area contributed by atoms with Crippen molar-refractivity contribution in [3.05, 3.63) is 77.9 Å². The molecule has 0 aliphatic rings. The van der Waals surface area contributed by atoms with E-state index >= 15 is 0 Å². The molecule has 25 heavy (non-hydrogen) atoms. The quantitative estimate of drug-likeness (QED) is 0.698. The summed E-state index contributed by atoms with van der Waals surface area (Å²) in [7, 11) is 0. The molecule has 0 unspecified atom stereocenters. The molecular weight excluding hydrogens is 314 g/mol. The average Bonchev–Trinajstić information content (AvgIpc) is 2.62. The number of rotatable bonds is 6. The third-order valence-corrected chi connectivity index (χ3v) is 4.08. The number of fused-ring (bicyclic) bond motifs is 1. The Morgan fingerprint density at radius 2 is 1.60 bits per heavy atom. The van der Waals surface area contributed by atoms with Gasteiger partial charge in [-0.05, 0) is 53.4 Å². The Labute approximate surface area is 146 Å². The Morgan fingerprint density at radius 1 is 0.880 bits per heavy atom. The van der Waals surface area contributed by atoms with E-state index in [2.05, 4.69) is 5.32 Å². The molecule has 3 aromatic carbocycles. The first-order valence-corrected chi connectivity index (χ1v) is 8.23. The summed E-state index contributed by atoms with van der Waals surface area (Å²) < 4.78 is 0. The van der Waals surface area contributed by atoms with E-state index in [1.165, 1.54) is 0 Å². The molecular formula is C21H19NO3. The van der Waals surface area contributed by atoms with Crippen molar-refractivity contribution in [3.63, 3.8) is 0 Å². The highest BCUT2D eigenvalue weighted by atomic mass is 16.4. The molecule has 4 heteroatoms. The Kier molecular flexibility index (Phi) is 5.09. The molecule has 0 aliphatic carbocycles. The lowest BCUT2D eigenvalue weighted by atomic mass is 10.1. The molecule has 1 amide bonds. The third-order valence-electron chi connectivity index (χ3n) is 4.08. The molecule has 2 N–H and O–H groups in total. The lowest BCUT2D eigenvalue weighted by molar-refractivity contribution is -0.137. The van der Waals surface area contributed by atoms with Gasteiger partial charge in [0.05, 0.1) is 0 Å². The first-order valence-electron chi connectivity index (χ1n) is 8.23. The molecule has 126 valence electrons. The molecule has 0 bridgehead atoms. The molecule has 0 saturated carbocycles. The molecule has 0 saturated heterocycles. The second-order valence-corrected chi connectivity index (χ2v) is 5.96. The van der Waals surface area contributed by atoms with Crippen LogP contribution in [0.1, 0.15) is 28.8 Å². The van der Waals surface area contributed by atoms with Crippen molar-refractivity contribution in [2.45, 2.75) is 19.3 Å². The van der Waals surface area contributed by atoms with Gasteiger partial charge in [0, 0.05) is 17.7 Å². The topological polar surface area (TPSA) is 66.4 Å². The highest BCUT2D eigenvalue weighted by molar-refractivity contribution is 6.06. The largest absolute Gasteiger partial charge is 0.481 e. The Bertz CT molecular complexity index is 900. The lowest BCUT2D eigenvalue weighted by Crippen LogP contribution is -2.11. The van der Waals surface area contributed by atoms with Crippen LogP contribution in [0.25, 0.3) is 10.8 Å². The summed E-state index contributed by atoms with van der Waals surface area (Å²) in [5, 5.41) is 13.7. The zero-order chi connectivity index (χ0) is 17.6. The molecule has 0 spiro atoms. The van der Waals surface area contributed by atoms with Gasteiger partial charge in [0.15, 0.2) is 0 Å². The lowest BCUT2D eigenvalue weighted by Gasteiger charge is -2.07. The zero-order valence-corrected chi connectivity index (χ0v) is 13.7. The molecule has 0 aromatic heterocycles. The predicted octanol–water partition coefficient (Wildman–Crippen LogP) is 4.50. The number of aliphatic carboxylic acids is 1. The minimum absolute atomic E-state index is 0.149. The predicted molar refractivity (Wildman–Crippen MR) is 98.9 cm³/mol. The fourth-order valence-corrected chi connectivity index (χ4v) is 2.73. The van der Waals surface area contributed by atoms with Crippen LogP contribution < -0.4 is 5.32 Å². The number of hydrogen-bond acceptors (Lipinski definition) is 2. The van der Waals surface area contributed by atoms with Crippen molar-refractivity contribution >= 4 is 28.3 Å². The highest BCUT2D eigenvalue weighted by Crippen LogP contribution is 2.17. The van der Waals surface area contributed by atoms with Crippen LogP contribution in [-0.4, -0.2) is 17.0 Å². The molecule has 0 radical (unpaired) electrons. The number of aryl methyl sites for hydroxylation is 1. The van der Waals surface area contributed by atoms with Gasteiger partial charge >= 0.3 is 5.97 Å². The summed E-state index contributed by atoms with van der Waals surface area (Å²) in [6.45, 7) is 0. The van der Waals surface area contributed by atoms with Crippen molar-refractivity contribution in [1.82, 2.24) is 0 Å². The summed E-state index contributed by atoms with van der Waals surface area (Å²) in [6, 6.07) is 21.1. The van der Waals surface area contributed by atoms with Crippen molar-refractivity contribution in [3.8, 4) is 0 Å². The molecule has 3 rings (SSSR count). The number of hydrogen-bond donors (Lipinski definition) is 2. The fourth-order valence-electron chi connectivity index (χ4n) is 2.73. The van der Waals surface area contributed by atoms with Gasteiger partial charge in [-0.2, -0.15) is 0 Å². The maximum absolute atomic E-state index is 12.4. The van der Waals surface area contributed by atoms with E-state index in [0.717, 1.165) is 22.0 Å². The van der Waals surface area contributed by atoms with Crippen LogP contribution in [0.2, 0.25) is 0 Å². The standard InChI is InChI=1S/C21H19NO3/c23-20(24)7-3-4-15-8-12-19(13-9-15)22-21(25)18-11-10-16-5-1-2-6-17(16)14-18/h1-2,5-6,8-14H,3-4,7H2,(H,22,25)(H,23,24). The SMILES string of the molecule is O=C(O)CCCc1ccc(NC(=O)c2ccc3ccccc3c2)cc1. The van der Waals surface area contributed by atoms with Gasteiger partial charge in [-0.25, -0.2) is 0 Å². The second kappa shape index (κ2) is 7.62. The normalized spacial score (nSPS) is 10.6. The van der Waals surface area contributed by atoms with Crippen molar-refractivity contribution in [2.75, 3.05) is 5.32 Å². The zero-order valence-electron chi connectivity index (χ0n) is 13.7. The summed E-state index contributed by atoms with van der Waals surface area (Å²) in [4.78, 5) is 22.9.